The van der Waals surface area contributed by atoms with Crippen molar-refractivity contribution in [2.24, 2.45) is 0 Å². The summed E-state index contributed by atoms with van der Waals surface area (Å²) in [5, 5.41) is 15.5. The summed E-state index contributed by atoms with van der Waals surface area (Å²) < 4.78 is 4.91. The summed E-state index contributed by atoms with van der Waals surface area (Å²) in [5.74, 6) is 0.910. The second-order valence-electron chi connectivity index (χ2n) is 2.22. The average molecular weight is 186 g/mol. The van der Waals surface area contributed by atoms with Crippen LogP contribution in [0.2, 0.25) is 0 Å². The molecule has 0 aromatic heterocycles. The number of allylic oxidation sites excluding steroid dienone is 1. The maximum absolute atomic E-state index is 7.76. The zero-order valence-electron chi connectivity index (χ0n) is 7.90. The summed E-state index contributed by atoms with van der Waals surface area (Å²) in [5.41, 5.74) is -0.0463. The third kappa shape index (κ3) is 5.40. The van der Waals surface area contributed by atoms with Crippen molar-refractivity contribution in [3.05, 3.63) is 42.5 Å². The van der Waals surface area contributed by atoms with Gasteiger partial charge in [0.25, 0.3) is 0 Å². The van der Waals surface area contributed by atoms with E-state index in [-0.39, 0.29) is 5.57 Å². The molecule has 1 rings (SSSR count). The molecule has 0 heterocycles. The molecule has 0 spiro atoms. The minimum absolute atomic E-state index is 0.0463. The van der Waals surface area contributed by atoms with Crippen molar-refractivity contribution in [2.45, 2.75) is 0 Å². The molecule has 3 heteroatoms. The number of nitriles is 2. The van der Waals surface area contributed by atoms with Gasteiger partial charge in [-0.15, -0.1) is 0 Å². The number of ether oxygens (including phenoxy) is 1. The number of hydrogen-bond acceptors (Lipinski definition) is 3. The predicted molar refractivity (Wildman–Crippen MR) is 53.4 cm³/mol. The van der Waals surface area contributed by atoms with Crippen molar-refractivity contribution >= 4 is 0 Å². The molecule has 0 saturated carbocycles. The van der Waals surface area contributed by atoms with Crippen LogP contribution >= 0.6 is 0 Å². The lowest BCUT2D eigenvalue weighted by Crippen LogP contribution is -1.78. The second kappa shape index (κ2) is 7.39. The van der Waals surface area contributed by atoms with Crippen LogP contribution in [0, 0.1) is 22.7 Å². The van der Waals surface area contributed by atoms with Gasteiger partial charge in [0.2, 0.25) is 0 Å². The Balaban J connectivity index is 0.000000255. The highest BCUT2D eigenvalue weighted by Crippen LogP contribution is 2.05. The molecule has 0 aliphatic rings. The topological polar surface area (TPSA) is 56.8 Å². The lowest BCUT2D eigenvalue weighted by Gasteiger charge is -1.93. The van der Waals surface area contributed by atoms with E-state index in [2.05, 4.69) is 6.58 Å². The van der Waals surface area contributed by atoms with Crippen molar-refractivity contribution in [2.75, 3.05) is 7.11 Å². The van der Waals surface area contributed by atoms with Gasteiger partial charge in [0, 0.05) is 0 Å². The molecule has 1 aromatic rings. The van der Waals surface area contributed by atoms with Gasteiger partial charge >= 0.3 is 0 Å². The summed E-state index contributed by atoms with van der Waals surface area (Å²) >= 11 is 0. The minimum atomic E-state index is -0.0463. The maximum atomic E-state index is 7.76. The van der Waals surface area contributed by atoms with Crippen molar-refractivity contribution in [1.29, 1.82) is 10.5 Å². The van der Waals surface area contributed by atoms with Gasteiger partial charge in [0.1, 0.15) is 23.5 Å². The fraction of sp³-hybridized carbons (Fsp3) is 0.0909. The molecule has 0 saturated heterocycles. The van der Waals surface area contributed by atoms with Crippen LogP contribution in [-0.4, -0.2) is 7.11 Å². The summed E-state index contributed by atoms with van der Waals surface area (Å²) in [6.07, 6.45) is 0. The van der Waals surface area contributed by atoms with E-state index in [1.807, 2.05) is 30.3 Å². The monoisotopic (exact) mass is 186 g/mol. The molecular formula is C11H10N2O. The molecule has 14 heavy (non-hydrogen) atoms. The van der Waals surface area contributed by atoms with E-state index in [0.29, 0.717) is 0 Å². The molecule has 70 valence electrons. The van der Waals surface area contributed by atoms with Crippen molar-refractivity contribution in [3.8, 4) is 17.9 Å². The quantitative estimate of drug-likeness (QED) is 0.632. The predicted octanol–water partition coefficient (Wildman–Crippen LogP) is 2.28. The SMILES string of the molecule is C=C(C#N)C#N.COc1ccccc1. The second-order valence-corrected chi connectivity index (χ2v) is 2.22. The molecule has 0 fully saturated rings. The Bertz CT molecular complexity index is 341. The highest BCUT2D eigenvalue weighted by molar-refractivity contribution is 5.31. The number of hydrogen-bond donors (Lipinski definition) is 0. The van der Waals surface area contributed by atoms with E-state index >= 15 is 0 Å². The number of rotatable bonds is 1. The molecule has 0 aliphatic heterocycles. The first-order chi connectivity index (χ1) is 6.74. The van der Waals surface area contributed by atoms with Crippen molar-refractivity contribution in [3.63, 3.8) is 0 Å². The number of methoxy groups -OCH3 is 1. The van der Waals surface area contributed by atoms with Crippen molar-refractivity contribution in [1.82, 2.24) is 0 Å². The molecular weight excluding hydrogens is 176 g/mol. The molecule has 0 atom stereocenters. The highest BCUT2D eigenvalue weighted by atomic mass is 16.5. The van der Waals surface area contributed by atoms with Crippen LogP contribution in [0.25, 0.3) is 0 Å². The lowest BCUT2D eigenvalue weighted by molar-refractivity contribution is 0.415. The van der Waals surface area contributed by atoms with Crippen LogP contribution in [0.15, 0.2) is 42.5 Å². The Labute approximate surface area is 83.5 Å². The first kappa shape index (κ1) is 11.7. The van der Waals surface area contributed by atoms with Gasteiger partial charge in [-0.25, -0.2) is 0 Å². The third-order valence-electron chi connectivity index (χ3n) is 1.25. The van der Waals surface area contributed by atoms with Gasteiger partial charge in [-0.1, -0.05) is 24.8 Å². The summed E-state index contributed by atoms with van der Waals surface area (Å²) in [4.78, 5) is 0. The molecule has 0 N–H and O–H groups in total. The molecule has 0 amide bonds. The van der Waals surface area contributed by atoms with E-state index < -0.39 is 0 Å². The Morgan fingerprint density at radius 3 is 1.93 bits per heavy atom. The number of benzene rings is 1. The normalized spacial score (nSPS) is 7.07. The van der Waals surface area contributed by atoms with E-state index in [9.17, 15) is 0 Å². The number of nitrogens with zero attached hydrogens (tertiary/aromatic N) is 2. The molecule has 0 bridgehead atoms. The molecule has 0 aliphatic carbocycles. The van der Waals surface area contributed by atoms with E-state index in [0.717, 1.165) is 5.75 Å². The van der Waals surface area contributed by atoms with Crippen LogP contribution in [0.3, 0.4) is 0 Å². The standard InChI is InChI=1S/C7H8O.C4H2N2/c1-8-7-5-3-2-4-6-7;1-4(2-5)3-6/h2-6H,1H3;1H2. The summed E-state index contributed by atoms with van der Waals surface area (Å²) in [6.45, 7) is 3.07. The zero-order chi connectivity index (χ0) is 10.8. The van der Waals surface area contributed by atoms with Crippen LogP contribution in [0.5, 0.6) is 5.75 Å². The Hall–Kier alpha value is -2.26. The minimum Gasteiger partial charge on any atom is -0.497 e. The molecule has 3 nitrogen and oxygen atoms in total. The van der Waals surface area contributed by atoms with Gasteiger partial charge in [-0.05, 0) is 12.1 Å². The van der Waals surface area contributed by atoms with Crippen LogP contribution < -0.4 is 4.74 Å². The van der Waals surface area contributed by atoms with Gasteiger partial charge in [0.05, 0.1) is 7.11 Å². The highest BCUT2D eigenvalue weighted by Gasteiger charge is 1.80. The van der Waals surface area contributed by atoms with Gasteiger partial charge in [-0.2, -0.15) is 10.5 Å². The fourth-order valence-corrected chi connectivity index (χ4v) is 0.582. The number of para-hydroxylation sites is 1. The van der Waals surface area contributed by atoms with Gasteiger partial charge < -0.3 is 4.74 Å². The van der Waals surface area contributed by atoms with Gasteiger partial charge in [-0.3, -0.25) is 0 Å². The third-order valence-corrected chi connectivity index (χ3v) is 1.25. The molecule has 0 radical (unpaired) electrons. The average Bonchev–Trinajstić information content (AvgIpc) is 2.30. The Kier molecular flexibility index (Phi) is 6.20. The Morgan fingerprint density at radius 1 is 1.21 bits per heavy atom. The van der Waals surface area contributed by atoms with E-state index in [1.54, 1.807) is 19.2 Å². The van der Waals surface area contributed by atoms with Crippen molar-refractivity contribution < 1.29 is 4.74 Å². The lowest BCUT2D eigenvalue weighted by atomic mass is 10.3. The first-order valence-electron chi connectivity index (χ1n) is 3.82. The zero-order valence-corrected chi connectivity index (χ0v) is 7.90. The van der Waals surface area contributed by atoms with Crippen LogP contribution in [0.1, 0.15) is 0 Å². The summed E-state index contributed by atoms with van der Waals surface area (Å²) in [6, 6.07) is 12.8. The van der Waals surface area contributed by atoms with Crippen LogP contribution in [0.4, 0.5) is 0 Å². The maximum Gasteiger partial charge on any atom is 0.122 e. The van der Waals surface area contributed by atoms with Crippen LogP contribution in [-0.2, 0) is 0 Å². The van der Waals surface area contributed by atoms with E-state index in [1.165, 1.54) is 0 Å². The smallest absolute Gasteiger partial charge is 0.122 e. The Morgan fingerprint density at radius 2 is 1.71 bits per heavy atom. The molecule has 1 aromatic carbocycles. The summed E-state index contributed by atoms with van der Waals surface area (Å²) in [7, 11) is 1.66. The van der Waals surface area contributed by atoms with E-state index in [4.69, 9.17) is 15.3 Å². The largest absolute Gasteiger partial charge is 0.497 e. The van der Waals surface area contributed by atoms with Gasteiger partial charge in [0.15, 0.2) is 0 Å². The molecule has 0 unspecified atom stereocenters. The fourth-order valence-electron chi connectivity index (χ4n) is 0.582. The first-order valence-corrected chi connectivity index (χ1v) is 3.82.